The van der Waals surface area contributed by atoms with Crippen molar-refractivity contribution in [1.82, 2.24) is 20.1 Å². The number of nitrogen functional groups attached to an aromatic ring is 1. The number of likely N-dealkylation sites (tertiary alicyclic amines) is 1. The number of anilines is 1. The molecule has 0 unspecified atom stereocenters. The lowest BCUT2D eigenvalue weighted by molar-refractivity contribution is -0.159. The van der Waals surface area contributed by atoms with Crippen LogP contribution in [0, 0.1) is 5.92 Å². The highest BCUT2D eigenvalue weighted by molar-refractivity contribution is 7.13. The van der Waals surface area contributed by atoms with Gasteiger partial charge in [-0.3, -0.25) is 19.3 Å². The van der Waals surface area contributed by atoms with Crippen molar-refractivity contribution in [1.29, 1.82) is 0 Å². The van der Waals surface area contributed by atoms with Gasteiger partial charge in [0.25, 0.3) is 11.8 Å². The predicted molar refractivity (Wildman–Crippen MR) is 144 cm³/mol. The number of fused-ring (bicyclic) bond motifs is 1. The zero-order chi connectivity index (χ0) is 28.6. The number of rotatable bonds is 9. The number of ether oxygens (including phenoxy) is 1. The van der Waals surface area contributed by atoms with E-state index in [-0.39, 0.29) is 46.6 Å². The molecule has 3 aliphatic heterocycles. The number of hydrogen-bond acceptors (Lipinski definition) is 10. The summed E-state index contributed by atoms with van der Waals surface area (Å²) in [4.78, 5) is 63.9. The third-order valence-electron chi connectivity index (χ3n) is 7.27. The van der Waals surface area contributed by atoms with E-state index >= 15 is 0 Å². The molecule has 1 aromatic heterocycles. The molecule has 0 bridgehead atoms. The number of aliphatic carboxylic acids is 1. The van der Waals surface area contributed by atoms with Gasteiger partial charge >= 0.3 is 5.97 Å². The lowest BCUT2D eigenvalue weighted by Gasteiger charge is -2.49. The predicted octanol–water partition coefficient (Wildman–Crippen LogP) is 1.23. The van der Waals surface area contributed by atoms with Crippen molar-refractivity contribution in [3.63, 3.8) is 0 Å². The van der Waals surface area contributed by atoms with Gasteiger partial charge in [-0.05, 0) is 44.1 Å². The quantitative estimate of drug-likeness (QED) is 0.170. The monoisotopic (exact) mass is 572 g/mol. The summed E-state index contributed by atoms with van der Waals surface area (Å²) in [6.45, 7) is 5.10. The maximum Gasteiger partial charge on any atom is 0.356 e. The number of carboxylic acid groups (broad SMARTS) is 1. The minimum absolute atomic E-state index is 0.0539. The zero-order valence-corrected chi connectivity index (χ0v) is 23.1. The van der Waals surface area contributed by atoms with E-state index in [1.807, 2.05) is 13.8 Å². The third-order valence-corrected chi connectivity index (χ3v) is 7.95. The van der Waals surface area contributed by atoms with Crippen LogP contribution in [-0.4, -0.2) is 87.2 Å². The number of amides is 3. The van der Waals surface area contributed by atoms with E-state index in [1.54, 1.807) is 10.3 Å². The maximum absolute atomic E-state index is 13.2. The van der Waals surface area contributed by atoms with Crippen molar-refractivity contribution in [3.05, 3.63) is 34.2 Å². The Morgan fingerprint density at radius 3 is 2.75 bits per heavy atom. The minimum Gasteiger partial charge on any atom is -0.489 e. The number of thiazole rings is 1. The Morgan fingerprint density at radius 2 is 2.10 bits per heavy atom. The Bertz CT molecular complexity index is 1310. The van der Waals surface area contributed by atoms with Gasteiger partial charge in [0.2, 0.25) is 5.91 Å². The van der Waals surface area contributed by atoms with E-state index < -0.39 is 29.9 Å². The van der Waals surface area contributed by atoms with Crippen LogP contribution in [0.25, 0.3) is 0 Å². The molecule has 3 fully saturated rings. The topological polar surface area (TPSA) is 177 Å². The average Bonchev–Trinajstić information content (AvgIpc) is 3.66. The molecule has 1 saturated carbocycles. The van der Waals surface area contributed by atoms with E-state index in [0.717, 1.165) is 41.9 Å². The fourth-order valence-electron chi connectivity index (χ4n) is 5.34. The zero-order valence-electron chi connectivity index (χ0n) is 22.3. The molecule has 1 aliphatic carbocycles. The third kappa shape index (κ3) is 5.40. The van der Waals surface area contributed by atoms with Gasteiger partial charge in [0.05, 0.1) is 0 Å². The molecule has 4 heterocycles. The largest absolute Gasteiger partial charge is 0.489 e. The highest BCUT2D eigenvalue weighted by Gasteiger charge is 2.55. The first-order valence-electron chi connectivity index (χ1n) is 13.3. The van der Waals surface area contributed by atoms with Crippen molar-refractivity contribution in [3.8, 4) is 0 Å². The highest BCUT2D eigenvalue weighted by atomic mass is 32.1. The number of hydrogen-bond donors (Lipinski definition) is 3. The first-order chi connectivity index (χ1) is 19.1. The van der Waals surface area contributed by atoms with Crippen LogP contribution in [0.1, 0.15) is 51.6 Å². The van der Waals surface area contributed by atoms with Crippen LogP contribution in [0.3, 0.4) is 0 Å². The molecule has 14 heteroatoms. The Balaban J connectivity index is 1.33. The second-order valence-electron chi connectivity index (χ2n) is 10.6. The van der Waals surface area contributed by atoms with Crippen LogP contribution in [-0.2, 0) is 28.8 Å². The second-order valence-corrected chi connectivity index (χ2v) is 11.5. The smallest absolute Gasteiger partial charge is 0.356 e. The number of aromatic nitrogens is 1. The number of carbonyl (C=O) groups is 4. The number of nitrogens with one attached hydrogen (secondary N) is 1. The molecule has 0 spiro atoms. The lowest BCUT2D eigenvalue weighted by Crippen LogP contribution is -2.73. The van der Waals surface area contributed by atoms with Crippen molar-refractivity contribution in [2.45, 2.75) is 64.1 Å². The van der Waals surface area contributed by atoms with Gasteiger partial charge in [-0.25, -0.2) is 9.78 Å². The number of carboxylic acids is 1. The molecule has 4 N–H and O–H groups in total. The molecule has 1 aromatic rings. The number of β-lactam (4-membered cyclic amide) rings is 1. The van der Waals surface area contributed by atoms with Crippen molar-refractivity contribution in [2.75, 3.05) is 25.4 Å². The summed E-state index contributed by atoms with van der Waals surface area (Å²) in [6.07, 6.45) is 5.46. The average molecular weight is 573 g/mol. The fourth-order valence-corrected chi connectivity index (χ4v) is 5.88. The summed E-state index contributed by atoms with van der Waals surface area (Å²) < 4.78 is 5.76. The number of allylic oxidation sites excluding steroid dienone is 1. The summed E-state index contributed by atoms with van der Waals surface area (Å²) in [7, 11) is 0. The Kier molecular flexibility index (Phi) is 7.79. The second kappa shape index (κ2) is 11.3. The lowest BCUT2D eigenvalue weighted by atomic mass is 9.92. The molecule has 13 nitrogen and oxygen atoms in total. The standard InChI is InChI=1S/C26H32N6O7S/c1-13(2)10-31-8-7-14(23(31)34)9-18-21(25(36)37)32-17(11-38-18)20(24(32)35)29-22(33)19(16-12-40-26(27)28-16)30-39-15-5-3-4-6-15/h9,12-13,15,17,20H,3-8,10-11H2,1-2H3,(H2,27,28)(H,29,33)(H,36,37)/b14-9+,30-19-/t17-,20+/m1/s1. The van der Waals surface area contributed by atoms with E-state index in [0.29, 0.717) is 31.0 Å². The summed E-state index contributed by atoms with van der Waals surface area (Å²) in [5.41, 5.74) is 5.91. The summed E-state index contributed by atoms with van der Waals surface area (Å²) in [5, 5.41) is 18.5. The van der Waals surface area contributed by atoms with Crippen LogP contribution >= 0.6 is 11.3 Å². The van der Waals surface area contributed by atoms with E-state index in [9.17, 15) is 24.3 Å². The molecular formula is C26H32N6O7S. The van der Waals surface area contributed by atoms with Gasteiger partial charge < -0.3 is 30.6 Å². The molecule has 5 rings (SSSR count). The molecule has 214 valence electrons. The molecule has 2 atom stereocenters. The molecule has 4 aliphatic rings. The van der Waals surface area contributed by atoms with Gasteiger partial charge in [0, 0.05) is 24.0 Å². The normalized spacial score (nSPS) is 24.5. The van der Waals surface area contributed by atoms with Gasteiger partial charge in [0.1, 0.15) is 30.5 Å². The number of nitrogens with zero attached hydrogens (tertiary/aromatic N) is 4. The molecular weight excluding hydrogens is 540 g/mol. The Labute approximate surface area is 234 Å². The Hall–Kier alpha value is -3.94. The van der Waals surface area contributed by atoms with E-state index in [2.05, 4.69) is 15.5 Å². The highest BCUT2D eigenvalue weighted by Crippen LogP contribution is 2.34. The summed E-state index contributed by atoms with van der Waals surface area (Å²) in [5.74, 6) is -2.61. The molecule has 2 saturated heterocycles. The van der Waals surface area contributed by atoms with Gasteiger partial charge in [-0.15, -0.1) is 11.3 Å². The number of carbonyl (C=O) groups excluding carboxylic acids is 3. The van der Waals surface area contributed by atoms with Crippen molar-refractivity contribution in [2.24, 2.45) is 11.1 Å². The van der Waals surface area contributed by atoms with Gasteiger partial charge in [-0.2, -0.15) is 0 Å². The summed E-state index contributed by atoms with van der Waals surface area (Å²) in [6, 6.07) is -1.79. The summed E-state index contributed by atoms with van der Waals surface area (Å²) >= 11 is 1.14. The maximum atomic E-state index is 13.2. The van der Waals surface area contributed by atoms with Crippen molar-refractivity contribution >= 4 is 45.9 Å². The number of nitrogens with two attached hydrogens (primary N) is 1. The first-order valence-corrected chi connectivity index (χ1v) is 14.2. The van der Waals surface area contributed by atoms with Crippen LogP contribution in [0.15, 0.2) is 33.6 Å². The molecule has 0 radical (unpaired) electrons. The van der Waals surface area contributed by atoms with Crippen LogP contribution < -0.4 is 11.1 Å². The SMILES string of the molecule is CC(C)CN1CC/C(=C\C2=C(C(=O)O)N3C(=O)[C@@H](NC(=O)/C(=N\OC4CCCC4)c4csc(N)n4)[C@H]3CO2)C1=O. The first kappa shape index (κ1) is 27.6. The van der Waals surface area contributed by atoms with E-state index in [1.165, 1.54) is 6.08 Å². The van der Waals surface area contributed by atoms with E-state index in [4.69, 9.17) is 15.3 Å². The van der Waals surface area contributed by atoms with Crippen LogP contribution in [0.4, 0.5) is 5.13 Å². The van der Waals surface area contributed by atoms with Gasteiger partial charge in [0.15, 0.2) is 22.3 Å². The molecule has 40 heavy (non-hydrogen) atoms. The minimum atomic E-state index is -1.37. The van der Waals surface area contributed by atoms with Crippen LogP contribution in [0.2, 0.25) is 0 Å². The van der Waals surface area contributed by atoms with Crippen molar-refractivity contribution < 1.29 is 33.9 Å². The molecule has 0 aromatic carbocycles. The van der Waals surface area contributed by atoms with Crippen LogP contribution in [0.5, 0.6) is 0 Å². The van der Waals surface area contributed by atoms with Gasteiger partial charge in [-0.1, -0.05) is 19.0 Å². The Morgan fingerprint density at radius 1 is 1.35 bits per heavy atom. The fraction of sp³-hybridized carbons (Fsp3) is 0.538. The number of oxime groups is 1. The molecule has 3 amide bonds.